The van der Waals surface area contributed by atoms with E-state index in [1.807, 2.05) is 0 Å². The summed E-state index contributed by atoms with van der Waals surface area (Å²) < 4.78 is 48.4. The molecule has 1 saturated carbocycles. The summed E-state index contributed by atoms with van der Waals surface area (Å²) in [6.07, 6.45) is -5.99. The molecule has 1 heterocycles. The van der Waals surface area contributed by atoms with Gasteiger partial charge < -0.3 is 5.73 Å². The molecule has 0 spiro atoms. The van der Waals surface area contributed by atoms with E-state index in [-0.39, 0.29) is 22.6 Å². The van der Waals surface area contributed by atoms with E-state index < -0.39 is 55.1 Å². The van der Waals surface area contributed by atoms with Crippen molar-refractivity contribution < 1.29 is 17.8 Å². The van der Waals surface area contributed by atoms with Crippen molar-refractivity contribution in [2.24, 2.45) is 0 Å². The van der Waals surface area contributed by atoms with Gasteiger partial charge in [0.15, 0.2) is 5.78 Å². The number of aryl methyl sites for hydroxylation is 1. The molecule has 0 saturated heterocycles. The minimum atomic E-state index is -3.05. The van der Waals surface area contributed by atoms with Crippen LogP contribution in [0.3, 0.4) is 0 Å². The Morgan fingerprint density at radius 1 is 1.57 bits per heavy atom. The van der Waals surface area contributed by atoms with E-state index in [9.17, 15) is 14.4 Å². The van der Waals surface area contributed by atoms with E-state index in [1.165, 1.54) is 12.1 Å². The first-order valence-electron chi connectivity index (χ1n) is 9.35. The van der Waals surface area contributed by atoms with Crippen LogP contribution < -0.4 is 11.3 Å². The molecule has 108 valence electrons. The number of hydrogen-bond acceptors (Lipinski definition) is 5. The van der Waals surface area contributed by atoms with Crippen LogP contribution in [-0.4, -0.2) is 21.1 Å². The Hall–Kier alpha value is -2.50. The van der Waals surface area contributed by atoms with Gasteiger partial charge >= 0.3 is 0 Å². The summed E-state index contributed by atoms with van der Waals surface area (Å²) in [4.78, 5) is 41.4. The smallest absolute Gasteiger partial charge is 0.264 e. The number of fused-ring (bicyclic) bond motifs is 1. The number of nitrogen functional groups attached to an aromatic ring is 1. The number of carbonyl (C=O) groups is 2. The van der Waals surface area contributed by atoms with Crippen molar-refractivity contribution in [1.82, 2.24) is 9.55 Å². The maximum Gasteiger partial charge on any atom is 0.264 e. The first kappa shape index (κ1) is 8.07. The molecular weight excluding hydrogens is 270 g/mol. The Morgan fingerprint density at radius 2 is 2.38 bits per heavy atom. The maximum atomic E-state index is 13.1. The number of nitrogens with two attached hydrogens (primary N) is 1. The number of nitrogens with zero attached hydrogens (tertiary/aromatic N) is 2. The van der Waals surface area contributed by atoms with Crippen LogP contribution in [0.25, 0.3) is 10.9 Å². The molecule has 0 radical (unpaired) electrons. The zero-order chi connectivity index (χ0) is 20.3. The standard InChI is InChI=1S/C15H15N3O3/c1-8-17-11-4-2-3-10(16)14(11)15(21)18(8)12-6-5-9(19)7-13(12)20/h2-4,12H,5-7,16H2,1H3/i1D,4D,5D,6D2,12D. The second kappa shape index (κ2) is 4.80. The van der Waals surface area contributed by atoms with Gasteiger partial charge in [-0.2, -0.15) is 0 Å². The van der Waals surface area contributed by atoms with Crippen LogP contribution >= 0.6 is 0 Å². The van der Waals surface area contributed by atoms with Crippen LogP contribution in [0.4, 0.5) is 5.69 Å². The topological polar surface area (TPSA) is 95.0 Å². The van der Waals surface area contributed by atoms with Gasteiger partial charge in [0.25, 0.3) is 5.56 Å². The number of anilines is 1. The minimum absolute atomic E-state index is 0.0882. The fraction of sp³-hybridized carbons (Fsp3) is 0.333. The molecule has 2 atom stereocenters. The van der Waals surface area contributed by atoms with Crippen molar-refractivity contribution >= 4 is 28.2 Å². The third-order valence-electron chi connectivity index (χ3n) is 3.12. The predicted octanol–water partition coefficient (Wildman–Crippen LogP) is 1.15. The van der Waals surface area contributed by atoms with E-state index in [0.29, 0.717) is 4.57 Å². The quantitative estimate of drug-likeness (QED) is 0.628. The summed E-state index contributed by atoms with van der Waals surface area (Å²) in [5.41, 5.74) is 4.51. The van der Waals surface area contributed by atoms with Crippen LogP contribution in [0, 0.1) is 6.90 Å². The van der Waals surface area contributed by atoms with Gasteiger partial charge in [-0.1, -0.05) is 6.07 Å². The highest BCUT2D eigenvalue weighted by Crippen LogP contribution is 2.24. The second-order valence-electron chi connectivity index (χ2n) is 4.53. The van der Waals surface area contributed by atoms with E-state index in [0.717, 1.165) is 0 Å². The summed E-state index contributed by atoms with van der Waals surface area (Å²) in [6, 6.07) is -0.568. The summed E-state index contributed by atoms with van der Waals surface area (Å²) in [6.45, 7) is -0.694. The van der Waals surface area contributed by atoms with E-state index in [4.69, 9.17) is 14.0 Å². The largest absolute Gasteiger partial charge is 0.398 e. The average molecular weight is 291 g/mol. The fourth-order valence-corrected chi connectivity index (χ4v) is 2.17. The van der Waals surface area contributed by atoms with Gasteiger partial charge in [-0.05, 0) is 25.4 Å². The third-order valence-corrected chi connectivity index (χ3v) is 3.12. The summed E-state index contributed by atoms with van der Waals surface area (Å²) in [7, 11) is 0. The Balaban J connectivity index is 2.48. The SMILES string of the molecule is [2H]Cc1nc2c([2H])ccc(N)c2c(=O)n1C1([2H])C(=O)CC(=O)C([2H])C1([2H])[2H]. The number of carbonyl (C=O) groups excluding carboxylic acids is 2. The number of aromatic nitrogens is 2. The summed E-state index contributed by atoms with van der Waals surface area (Å²) in [5.74, 6) is -2.63. The minimum Gasteiger partial charge on any atom is -0.398 e. The first-order chi connectivity index (χ1) is 12.5. The number of rotatable bonds is 1. The highest BCUT2D eigenvalue weighted by molar-refractivity contribution is 6.03. The molecule has 6 heteroatoms. The van der Waals surface area contributed by atoms with Crippen LogP contribution in [0.5, 0.6) is 0 Å². The van der Waals surface area contributed by atoms with Crippen LogP contribution in [0.1, 0.15) is 39.3 Å². The fourth-order valence-electron chi connectivity index (χ4n) is 2.17. The number of benzene rings is 1. The zero-order valence-electron chi connectivity index (χ0n) is 16.8. The van der Waals surface area contributed by atoms with Gasteiger partial charge in [-0.15, -0.1) is 0 Å². The average Bonchev–Trinajstić information content (AvgIpc) is 2.61. The molecule has 0 bridgehead atoms. The molecule has 6 nitrogen and oxygen atoms in total. The molecule has 1 aliphatic carbocycles. The van der Waals surface area contributed by atoms with Crippen molar-refractivity contribution in [3.05, 3.63) is 34.4 Å². The van der Waals surface area contributed by atoms with Gasteiger partial charge in [0, 0.05) is 17.6 Å². The molecular formula is C15H15N3O3. The lowest BCUT2D eigenvalue weighted by Crippen LogP contribution is -2.36. The third kappa shape index (κ3) is 2.12. The second-order valence-corrected chi connectivity index (χ2v) is 4.53. The monoisotopic (exact) mass is 291 g/mol. The van der Waals surface area contributed by atoms with Gasteiger partial charge in [0.1, 0.15) is 11.6 Å². The summed E-state index contributed by atoms with van der Waals surface area (Å²) in [5, 5.41) is -0.284. The van der Waals surface area contributed by atoms with Crippen molar-refractivity contribution in [1.29, 1.82) is 0 Å². The van der Waals surface area contributed by atoms with Gasteiger partial charge in [0.2, 0.25) is 0 Å². The molecule has 2 N–H and O–H groups in total. The Kier molecular flexibility index (Phi) is 1.84. The zero-order valence-corrected chi connectivity index (χ0v) is 10.8. The van der Waals surface area contributed by atoms with Gasteiger partial charge in [0.05, 0.1) is 26.1 Å². The Morgan fingerprint density at radius 3 is 3.14 bits per heavy atom. The molecule has 21 heavy (non-hydrogen) atoms. The molecule has 2 aromatic rings. The highest BCUT2D eigenvalue weighted by atomic mass is 16.2. The van der Waals surface area contributed by atoms with Crippen molar-refractivity contribution in [3.8, 4) is 0 Å². The number of hydrogen-bond donors (Lipinski definition) is 1. The Labute approximate surface area is 129 Å². The molecule has 0 aliphatic heterocycles. The van der Waals surface area contributed by atoms with Crippen molar-refractivity contribution in [3.63, 3.8) is 0 Å². The van der Waals surface area contributed by atoms with Crippen LogP contribution in [0.15, 0.2) is 23.0 Å². The molecule has 1 aliphatic rings. The lowest BCUT2D eigenvalue weighted by molar-refractivity contribution is -0.132. The molecule has 1 fully saturated rings. The van der Waals surface area contributed by atoms with Crippen molar-refractivity contribution in [2.45, 2.75) is 32.1 Å². The predicted molar refractivity (Wildman–Crippen MR) is 78.1 cm³/mol. The first-order valence-corrected chi connectivity index (χ1v) is 6.07. The molecule has 1 aromatic heterocycles. The van der Waals surface area contributed by atoms with E-state index in [1.54, 1.807) is 0 Å². The van der Waals surface area contributed by atoms with Gasteiger partial charge in [-0.3, -0.25) is 19.0 Å². The molecule has 2 unspecified atom stereocenters. The lowest BCUT2D eigenvalue weighted by atomic mass is 9.92. The highest BCUT2D eigenvalue weighted by Gasteiger charge is 2.30. The summed E-state index contributed by atoms with van der Waals surface area (Å²) >= 11 is 0. The molecule has 3 rings (SSSR count). The Bertz CT molecular complexity index is 1050. The molecule has 0 amide bonds. The lowest BCUT2D eigenvalue weighted by Gasteiger charge is -2.24. The number of Topliss-reactive ketones (excluding diaryl/α,β-unsaturated/α-hetero) is 2. The van der Waals surface area contributed by atoms with Crippen LogP contribution in [-0.2, 0) is 9.59 Å². The van der Waals surface area contributed by atoms with Crippen molar-refractivity contribution in [2.75, 3.05) is 5.73 Å². The van der Waals surface area contributed by atoms with E-state index >= 15 is 0 Å². The normalized spacial score (nSPS) is 32.7. The molecule has 1 aromatic carbocycles. The van der Waals surface area contributed by atoms with E-state index in [2.05, 4.69) is 4.98 Å². The maximum absolute atomic E-state index is 13.1. The van der Waals surface area contributed by atoms with Gasteiger partial charge in [-0.25, -0.2) is 4.98 Å². The number of ketones is 2. The van der Waals surface area contributed by atoms with Crippen LogP contribution in [0.2, 0.25) is 0 Å².